The average molecular weight is 451 g/mol. The molecule has 1 atom stereocenters. The van der Waals surface area contributed by atoms with Gasteiger partial charge in [-0.25, -0.2) is 18.7 Å². The van der Waals surface area contributed by atoms with Gasteiger partial charge in [0.1, 0.15) is 28.7 Å². The molecular formula is C22H16F3N7O. The first-order valence-corrected chi connectivity index (χ1v) is 9.95. The van der Waals surface area contributed by atoms with Crippen LogP contribution < -0.4 is 10.9 Å². The summed E-state index contributed by atoms with van der Waals surface area (Å²) in [5, 5.41) is 3.19. The second kappa shape index (κ2) is 7.69. The molecule has 0 saturated heterocycles. The van der Waals surface area contributed by atoms with Crippen LogP contribution in [0.1, 0.15) is 24.4 Å². The van der Waals surface area contributed by atoms with E-state index in [4.69, 9.17) is 0 Å². The lowest BCUT2D eigenvalue weighted by Crippen LogP contribution is -2.29. The molecule has 0 aliphatic rings. The van der Waals surface area contributed by atoms with E-state index in [2.05, 4.69) is 30.2 Å². The molecule has 0 amide bonds. The maximum atomic E-state index is 14.8. The lowest BCUT2D eigenvalue weighted by Gasteiger charge is -2.21. The van der Waals surface area contributed by atoms with Gasteiger partial charge in [0.2, 0.25) is 0 Å². The van der Waals surface area contributed by atoms with Gasteiger partial charge >= 0.3 is 6.08 Å². The molecule has 0 aliphatic carbocycles. The van der Waals surface area contributed by atoms with Crippen molar-refractivity contribution in [3.8, 4) is 5.69 Å². The Morgan fingerprint density at radius 2 is 1.76 bits per heavy atom. The third-order valence-electron chi connectivity index (χ3n) is 5.29. The van der Waals surface area contributed by atoms with Crippen LogP contribution in [-0.2, 0) is 0 Å². The third-order valence-corrected chi connectivity index (χ3v) is 5.29. The van der Waals surface area contributed by atoms with E-state index in [0.717, 1.165) is 16.7 Å². The number of rotatable bonds is 4. The minimum Gasteiger partial charge on any atom is -0.358 e. The van der Waals surface area contributed by atoms with Crippen LogP contribution in [0.3, 0.4) is 0 Å². The maximum Gasteiger partial charge on any atom is 0.312 e. The number of nitrogens with zero attached hydrogens (tertiary/aromatic N) is 5. The van der Waals surface area contributed by atoms with Crippen molar-refractivity contribution in [1.29, 1.82) is 0 Å². The van der Waals surface area contributed by atoms with Gasteiger partial charge in [0.05, 0.1) is 23.3 Å². The zero-order valence-corrected chi connectivity index (χ0v) is 17.4. The highest BCUT2D eigenvalue weighted by molar-refractivity contribution is 5.83. The normalized spacial score (nSPS) is 12.4. The molecule has 3 aromatic heterocycles. The molecule has 11 heteroatoms. The van der Waals surface area contributed by atoms with Gasteiger partial charge in [0.15, 0.2) is 11.5 Å². The summed E-state index contributed by atoms with van der Waals surface area (Å²) in [5.41, 5.74) is 0.204. The van der Waals surface area contributed by atoms with Gasteiger partial charge in [0, 0.05) is 0 Å². The first-order chi connectivity index (χ1) is 15.8. The number of hydrogen-bond donors (Lipinski definition) is 2. The Labute approximate surface area is 184 Å². The molecule has 0 bridgehead atoms. The van der Waals surface area contributed by atoms with E-state index in [1.54, 1.807) is 32.0 Å². The highest BCUT2D eigenvalue weighted by Crippen LogP contribution is 2.26. The Kier molecular flexibility index (Phi) is 4.81. The first-order valence-electron chi connectivity index (χ1n) is 9.95. The maximum absolute atomic E-state index is 14.8. The Morgan fingerprint density at radius 3 is 2.52 bits per heavy atom. The number of hydrogen-bond acceptors (Lipinski definition) is 6. The topological polar surface area (TPSA) is 101 Å². The summed E-state index contributed by atoms with van der Waals surface area (Å²) in [6.45, 7) is 3.33. The third kappa shape index (κ3) is 3.37. The number of para-hydroxylation sites is 1. The Balaban J connectivity index is 1.76. The van der Waals surface area contributed by atoms with Crippen LogP contribution in [0.2, 0.25) is 0 Å². The van der Waals surface area contributed by atoms with Crippen LogP contribution in [-0.4, -0.2) is 29.5 Å². The Bertz CT molecular complexity index is 1570. The lowest BCUT2D eigenvalue weighted by molar-refractivity contribution is 0.543. The SMILES string of the molecule is Cc1cccc2nc(C(C)Nc3nc(F)nc4nc[nH]c34)n(-c3c(F)cccc3F)c(=O)c12. The largest absolute Gasteiger partial charge is 0.358 e. The summed E-state index contributed by atoms with van der Waals surface area (Å²) >= 11 is 0. The summed E-state index contributed by atoms with van der Waals surface area (Å²) in [7, 11) is 0. The monoisotopic (exact) mass is 451 g/mol. The van der Waals surface area contributed by atoms with E-state index >= 15 is 0 Å². The van der Waals surface area contributed by atoms with Crippen molar-refractivity contribution in [1.82, 2.24) is 29.5 Å². The number of fused-ring (bicyclic) bond motifs is 2. The summed E-state index contributed by atoms with van der Waals surface area (Å²) in [6, 6.07) is 7.58. The Morgan fingerprint density at radius 1 is 1.03 bits per heavy atom. The summed E-state index contributed by atoms with van der Waals surface area (Å²) < 4.78 is 44.4. The van der Waals surface area contributed by atoms with Gasteiger partial charge in [-0.15, -0.1) is 0 Å². The van der Waals surface area contributed by atoms with Crippen LogP contribution in [0.4, 0.5) is 19.0 Å². The number of nitrogens with one attached hydrogen (secondary N) is 2. The second-order valence-corrected chi connectivity index (χ2v) is 7.46. The average Bonchev–Trinajstić information content (AvgIpc) is 3.23. The molecule has 2 aromatic carbocycles. The van der Waals surface area contributed by atoms with E-state index in [1.807, 2.05) is 0 Å². The van der Waals surface area contributed by atoms with E-state index in [1.165, 1.54) is 12.4 Å². The molecule has 33 heavy (non-hydrogen) atoms. The number of aryl methyl sites for hydroxylation is 1. The van der Waals surface area contributed by atoms with Crippen LogP contribution in [0.15, 0.2) is 47.5 Å². The fourth-order valence-electron chi connectivity index (χ4n) is 3.80. The van der Waals surface area contributed by atoms with Gasteiger partial charge < -0.3 is 10.3 Å². The standard InChI is InChI=1S/C22H16F3N7O/c1-10-5-3-8-14-15(10)21(33)32(17-12(23)6-4-7-13(17)24)20(29-14)11(2)28-19-16-18(27-9-26-16)30-22(25)31-19/h3-9,11H,1-2H3,(H2,26,27,28,30,31). The molecule has 8 nitrogen and oxygen atoms in total. The number of aromatic amines is 1. The summed E-state index contributed by atoms with van der Waals surface area (Å²) in [6.07, 6.45) is 0.319. The van der Waals surface area contributed by atoms with Crippen molar-refractivity contribution >= 4 is 27.9 Å². The second-order valence-electron chi connectivity index (χ2n) is 7.46. The molecule has 0 aliphatic heterocycles. The number of H-pyrrole nitrogens is 1. The van der Waals surface area contributed by atoms with E-state index in [9.17, 15) is 18.0 Å². The molecule has 0 fully saturated rings. The van der Waals surface area contributed by atoms with Gasteiger partial charge in [-0.2, -0.15) is 14.4 Å². The molecule has 0 saturated carbocycles. The predicted octanol–water partition coefficient (Wildman–Crippen LogP) is 3.95. The molecule has 3 heterocycles. The molecule has 5 aromatic rings. The minimum atomic E-state index is -1.01. The summed E-state index contributed by atoms with van der Waals surface area (Å²) in [5.74, 6) is -1.79. The number of anilines is 1. The number of halogens is 3. The molecule has 1 unspecified atom stereocenters. The zero-order chi connectivity index (χ0) is 23.3. The smallest absolute Gasteiger partial charge is 0.312 e. The van der Waals surface area contributed by atoms with Gasteiger partial charge in [0.25, 0.3) is 5.56 Å². The number of imidazole rings is 1. The van der Waals surface area contributed by atoms with Crippen molar-refractivity contribution in [2.75, 3.05) is 5.32 Å². The molecule has 5 rings (SSSR count). The van der Waals surface area contributed by atoms with Crippen molar-refractivity contribution < 1.29 is 13.2 Å². The van der Waals surface area contributed by atoms with Crippen LogP contribution in [0, 0.1) is 24.6 Å². The fourth-order valence-corrected chi connectivity index (χ4v) is 3.80. The van der Waals surface area contributed by atoms with Crippen molar-refractivity contribution in [2.24, 2.45) is 0 Å². The minimum absolute atomic E-state index is 0.00813. The molecule has 0 spiro atoms. The molecule has 0 radical (unpaired) electrons. The van der Waals surface area contributed by atoms with Gasteiger partial charge in [-0.3, -0.25) is 9.36 Å². The highest BCUT2D eigenvalue weighted by atomic mass is 19.1. The first kappa shape index (κ1) is 20.6. The van der Waals surface area contributed by atoms with Crippen LogP contribution >= 0.6 is 0 Å². The quantitative estimate of drug-likeness (QED) is 0.401. The Hall–Kier alpha value is -4.28. The highest BCUT2D eigenvalue weighted by Gasteiger charge is 2.24. The van der Waals surface area contributed by atoms with E-state index in [-0.39, 0.29) is 22.7 Å². The van der Waals surface area contributed by atoms with Crippen molar-refractivity contribution in [3.05, 3.63) is 82.2 Å². The van der Waals surface area contributed by atoms with E-state index in [0.29, 0.717) is 16.6 Å². The zero-order valence-electron chi connectivity index (χ0n) is 17.4. The number of benzene rings is 2. The molecule has 2 N–H and O–H groups in total. The number of aromatic nitrogens is 6. The fraction of sp³-hybridized carbons (Fsp3) is 0.136. The van der Waals surface area contributed by atoms with E-state index < -0.39 is 35.0 Å². The van der Waals surface area contributed by atoms with Crippen molar-refractivity contribution in [3.63, 3.8) is 0 Å². The van der Waals surface area contributed by atoms with Crippen molar-refractivity contribution in [2.45, 2.75) is 19.9 Å². The van der Waals surface area contributed by atoms with Gasteiger partial charge in [-0.1, -0.05) is 18.2 Å². The molecule has 166 valence electrons. The predicted molar refractivity (Wildman–Crippen MR) is 116 cm³/mol. The molecular weight excluding hydrogens is 435 g/mol. The van der Waals surface area contributed by atoms with Gasteiger partial charge in [-0.05, 0) is 37.6 Å². The van der Waals surface area contributed by atoms with Crippen LogP contribution in [0.25, 0.3) is 27.8 Å². The lowest BCUT2D eigenvalue weighted by atomic mass is 10.1. The summed E-state index contributed by atoms with van der Waals surface area (Å²) in [4.78, 5) is 32.1. The van der Waals surface area contributed by atoms with Crippen LogP contribution in [0.5, 0.6) is 0 Å².